The van der Waals surface area contributed by atoms with Crippen LogP contribution in [0.3, 0.4) is 0 Å². The van der Waals surface area contributed by atoms with Gasteiger partial charge in [-0.25, -0.2) is 4.98 Å². The molecule has 0 unspecified atom stereocenters. The molecule has 27 heavy (non-hydrogen) atoms. The molecule has 7 nitrogen and oxygen atoms in total. The number of fused-ring (bicyclic) bond motifs is 1. The van der Waals surface area contributed by atoms with Crippen molar-refractivity contribution in [2.45, 2.75) is 26.3 Å². The summed E-state index contributed by atoms with van der Waals surface area (Å²) in [6.45, 7) is 4.06. The zero-order valence-electron chi connectivity index (χ0n) is 15.0. The highest BCUT2D eigenvalue weighted by molar-refractivity contribution is 8.26. The predicted molar refractivity (Wildman–Crippen MR) is 112 cm³/mol. The number of amides is 1. The van der Waals surface area contributed by atoms with Gasteiger partial charge in [-0.2, -0.15) is 0 Å². The second-order valence-corrected chi connectivity index (χ2v) is 7.74. The van der Waals surface area contributed by atoms with Gasteiger partial charge in [0.15, 0.2) is 0 Å². The third-order valence-corrected chi connectivity index (χ3v) is 5.63. The maximum atomic E-state index is 13.0. The first-order valence-corrected chi connectivity index (χ1v) is 9.83. The number of hydrogen-bond donors (Lipinski definition) is 2. The highest BCUT2D eigenvalue weighted by Crippen LogP contribution is 2.34. The van der Waals surface area contributed by atoms with Crippen molar-refractivity contribution in [3.8, 4) is 0 Å². The average molecular weight is 405 g/mol. The molecular formula is C18H20N4O3S2. The minimum atomic E-state index is -0.296. The van der Waals surface area contributed by atoms with Gasteiger partial charge < -0.3 is 10.4 Å². The van der Waals surface area contributed by atoms with Crippen LogP contribution < -0.4 is 10.9 Å². The Hall–Kier alpha value is -2.23. The summed E-state index contributed by atoms with van der Waals surface area (Å²) >= 11 is 6.53. The number of carbonyl (C=O) groups excluding carboxylic acids is 1. The Morgan fingerprint density at radius 3 is 2.89 bits per heavy atom. The lowest BCUT2D eigenvalue weighted by molar-refractivity contribution is -0.123. The molecular weight excluding hydrogens is 384 g/mol. The van der Waals surface area contributed by atoms with E-state index in [9.17, 15) is 9.59 Å². The van der Waals surface area contributed by atoms with Crippen molar-refractivity contribution in [2.75, 3.05) is 18.5 Å². The minimum Gasteiger partial charge on any atom is -0.395 e. The molecule has 1 saturated heterocycles. The Morgan fingerprint density at radius 1 is 1.41 bits per heavy atom. The molecule has 1 fully saturated rings. The number of pyridine rings is 1. The van der Waals surface area contributed by atoms with Crippen molar-refractivity contribution in [2.24, 2.45) is 0 Å². The van der Waals surface area contributed by atoms with E-state index in [1.54, 1.807) is 29.3 Å². The zero-order chi connectivity index (χ0) is 19.6. The number of aliphatic hydroxyl groups is 1. The van der Waals surface area contributed by atoms with Gasteiger partial charge in [0.25, 0.3) is 11.5 Å². The molecule has 3 heterocycles. The summed E-state index contributed by atoms with van der Waals surface area (Å²) in [4.78, 5) is 32.2. The minimum absolute atomic E-state index is 0.00814. The van der Waals surface area contributed by atoms with Gasteiger partial charge in [-0.05, 0) is 31.6 Å². The summed E-state index contributed by atoms with van der Waals surface area (Å²) in [6, 6.07) is 5.24. The SMILES string of the molecule is CC[C@H](C)N1C(=O)/C(=C/c2c(NCCO)nc3ccccn3c2=O)SC1=S. The molecule has 0 spiro atoms. The van der Waals surface area contributed by atoms with Crippen molar-refractivity contribution in [1.82, 2.24) is 14.3 Å². The summed E-state index contributed by atoms with van der Waals surface area (Å²) < 4.78 is 1.91. The first-order chi connectivity index (χ1) is 13.0. The first kappa shape index (κ1) is 19.5. The number of aromatic nitrogens is 2. The molecule has 0 bridgehead atoms. The Morgan fingerprint density at radius 2 is 2.19 bits per heavy atom. The zero-order valence-corrected chi connectivity index (χ0v) is 16.6. The number of carbonyl (C=O) groups is 1. The van der Waals surface area contributed by atoms with Crippen LogP contribution in [0.5, 0.6) is 0 Å². The molecule has 0 aromatic carbocycles. The van der Waals surface area contributed by atoms with E-state index in [1.807, 2.05) is 13.8 Å². The molecule has 2 N–H and O–H groups in total. The van der Waals surface area contributed by atoms with Crippen molar-refractivity contribution < 1.29 is 9.90 Å². The number of anilines is 1. The Labute approximate surface area is 166 Å². The second-order valence-electron chi connectivity index (χ2n) is 6.07. The molecule has 0 radical (unpaired) electrons. The van der Waals surface area contributed by atoms with Crippen LogP contribution >= 0.6 is 24.0 Å². The van der Waals surface area contributed by atoms with Gasteiger partial charge in [-0.1, -0.05) is 37.0 Å². The Kier molecular flexibility index (Phi) is 5.93. The van der Waals surface area contributed by atoms with Crippen molar-refractivity contribution in [3.05, 3.63) is 45.2 Å². The molecule has 0 aliphatic carbocycles. The van der Waals surface area contributed by atoms with Gasteiger partial charge >= 0.3 is 0 Å². The van der Waals surface area contributed by atoms with E-state index < -0.39 is 0 Å². The van der Waals surface area contributed by atoms with Gasteiger partial charge in [0.05, 0.1) is 17.1 Å². The Bertz CT molecular complexity index is 986. The fraction of sp³-hybridized carbons (Fsp3) is 0.333. The molecule has 1 aliphatic rings. The monoisotopic (exact) mass is 404 g/mol. The summed E-state index contributed by atoms with van der Waals surface area (Å²) in [5.74, 6) is 0.124. The van der Waals surface area contributed by atoms with Gasteiger partial charge in [0, 0.05) is 18.8 Å². The first-order valence-electron chi connectivity index (χ1n) is 8.61. The molecule has 9 heteroatoms. The number of thiocarbonyl (C=S) groups is 1. The van der Waals surface area contributed by atoms with E-state index in [-0.39, 0.29) is 36.2 Å². The topological polar surface area (TPSA) is 86.9 Å². The molecule has 3 rings (SSSR count). The molecule has 142 valence electrons. The number of hydrogen-bond acceptors (Lipinski definition) is 7. The van der Waals surface area contributed by atoms with Gasteiger partial charge in [-0.3, -0.25) is 18.9 Å². The largest absolute Gasteiger partial charge is 0.395 e. The number of nitrogens with one attached hydrogen (secondary N) is 1. The van der Waals surface area contributed by atoms with Gasteiger partial charge in [-0.15, -0.1) is 0 Å². The maximum absolute atomic E-state index is 13.0. The van der Waals surface area contributed by atoms with Crippen molar-refractivity contribution >= 4 is 51.7 Å². The Balaban J connectivity index is 2.11. The molecule has 1 atom stereocenters. The highest BCUT2D eigenvalue weighted by Gasteiger charge is 2.35. The highest BCUT2D eigenvalue weighted by atomic mass is 32.2. The predicted octanol–water partition coefficient (Wildman–Crippen LogP) is 2.10. The van der Waals surface area contributed by atoms with Crippen LogP contribution in [-0.4, -0.2) is 48.8 Å². The van der Waals surface area contributed by atoms with E-state index in [4.69, 9.17) is 17.3 Å². The maximum Gasteiger partial charge on any atom is 0.267 e. The quantitative estimate of drug-likeness (QED) is 0.563. The third-order valence-electron chi connectivity index (χ3n) is 4.30. The summed E-state index contributed by atoms with van der Waals surface area (Å²) in [5, 5.41) is 12.1. The third kappa shape index (κ3) is 3.76. The molecule has 1 amide bonds. The summed E-state index contributed by atoms with van der Waals surface area (Å²) in [5.41, 5.74) is 0.443. The van der Waals surface area contributed by atoms with E-state index in [2.05, 4.69) is 10.3 Å². The number of thioether (sulfide) groups is 1. The van der Waals surface area contributed by atoms with E-state index in [1.165, 1.54) is 22.2 Å². The molecule has 1 aliphatic heterocycles. The molecule has 2 aromatic rings. The fourth-order valence-corrected chi connectivity index (χ4v) is 4.16. The van der Waals surface area contributed by atoms with Crippen LogP contribution in [0, 0.1) is 0 Å². The number of aliphatic hydroxyl groups excluding tert-OH is 1. The van der Waals surface area contributed by atoms with Crippen LogP contribution in [-0.2, 0) is 4.79 Å². The number of nitrogens with zero attached hydrogens (tertiary/aromatic N) is 3. The van der Waals surface area contributed by atoms with Crippen LogP contribution in [0.25, 0.3) is 11.7 Å². The van der Waals surface area contributed by atoms with Crippen LogP contribution in [0.15, 0.2) is 34.1 Å². The second kappa shape index (κ2) is 8.20. The lowest BCUT2D eigenvalue weighted by Gasteiger charge is -2.21. The average Bonchev–Trinajstić information content (AvgIpc) is 2.95. The van der Waals surface area contributed by atoms with Gasteiger partial charge in [0.2, 0.25) is 0 Å². The van der Waals surface area contributed by atoms with E-state index in [0.29, 0.717) is 20.7 Å². The van der Waals surface area contributed by atoms with Gasteiger partial charge in [0.1, 0.15) is 15.8 Å². The number of rotatable bonds is 6. The van der Waals surface area contributed by atoms with Crippen molar-refractivity contribution in [3.63, 3.8) is 0 Å². The van der Waals surface area contributed by atoms with Crippen molar-refractivity contribution in [1.29, 1.82) is 0 Å². The lowest BCUT2D eigenvalue weighted by atomic mass is 10.2. The summed E-state index contributed by atoms with van der Waals surface area (Å²) in [7, 11) is 0. The summed E-state index contributed by atoms with van der Waals surface area (Å²) in [6.07, 6.45) is 3.95. The van der Waals surface area contributed by atoms with E-state index >= 15 is 0 Å². The lowest BCUT2D eigenvalue weighted by Crippen LogP contribution is -2.36. The molecule has 0 saturated carbocycles. The standard InChI is InChI=1S/C18H20N4O3S2/c1-3-11(2)22-17(25)13(27-18(22)26)10-12-15(19-7-9-23)20-14-6-4-5-8-21(14)16(12)24/h4-6,8,10-11,19,23H,3,7,9H2,1-2H3/b13-10-/t11-/m0/s1. The van der Waals surface area contributed by atoms with Crippen LogP contribution in [0.1, 0.15) is 25.8 Å². The normalized spacial score (nSPS) is 17.1. The van der Waals surface area contributed by atoms with Crippen LogP contribution in [0.4, 0.5) is 5.82 Å². The van der Waals surface area contributed by atoms with Crippen LogP contribution in [0.2, 0.25) is 0 Å². The smallest absolute Gasteiger partial charge is 0.267 e. The molecule has 2 aromatic heterocycles. The fourth-order valence-electron chi connectivity index (χ4n) is 2.72. The van der Waals surface area contributed by atoms with E-state index in [0.717, 1.165) is 6.42 Å².